The van der Waals surface area contributed by atoms with Gasteiger partial charge >= 0.3 is 0 Å². The molecule has 2 nitrogen and oxygen atoms in total. The predicted octanol–water partition coefficient (Wildman–Crippen LogP) is 3.27. The SMILES string of the molecule is C/C(=N\S(=O)C(C)(C)C)c1ccc(C)cc1. The molecular weight excluding hydrogens is 218 g/mol. The van der Waals surface area contributed by atoms with E-state index in [0.29, 0.717) is 0 Å². The van der Waals surface area contributed by atoms with Gasteiger partial charge in [0.2, 0.25) is 0 Å². The summed E-state index contributed by atoms with van der Waals surface area (Å²) in [5.41, 5.74) is 3.07. The van der Waals surface area contributed by atoms with Gasteiger partial charge in [-0.2, -0.15) is 4.40 Å². The molecule has 0 aliphatic rings. The van der Waals surface area contributed by atoms with Crippen molar-refractivity contribution in [3.05, 3.63) is 35.4 Å². The molecule has 1 aromatic carbocycles. The Kier molecular flexibility index (Phi) is 4.03. The van der Waals surface area contributed by atoms with Crippen LogP contribution >= 0.6 is 0 Å². The lowest BCUT2D eigenvalue weighted by Crippen LogP contribution is -2.20. The van der Waals surface area contributed by atoms with Crippen LogP contribution in [0.15, 0.2) is 28.7 Å². The molecule has 0 amide bonds. The van der Waals surface area contributed by atoms with E-state index >= 15 is 0 Å². The average Bonchev–Trinajstić information content (AvgIpc) is 2.17. The normalized spacial score (nSPS) is 14.9. The first-order valence-corrected chi connectivity index (χ1v) is 6.46. The highest BCUT2D eigenvalue weighted by atomic mass is 32.2. The lowest BCUT2D eigenvalue weighted by molar-refractivity contribution is 0.650. The summed E-state index contributed by atoms with van der Waals surface area (Å²) in [6, 6.07) is 8.09. The summed E-state index contributed by atoms with van der Waals surface area (Å²) in [6.45, 7) is 9.72. The minimum absolute atomic E-state index is 0.300. The number of rotatable bonds is 2. The summed E-state index contributed by atoms with van der Waals surface area (Å²) in [7, 11) is -1.19. The summed E-state index contributed by atoms with van der Waals surface area (Å²) < 4.78 is 15.8. The van der Waals surface area contributed by atoms with E-state index in [1.165, 1.54) is 5.56 Å². The standard InChI is InChI=1S/C13H19NOS/c1-10-6-8-12(9-7-10)11(2)14-16(15)13(3,4)5/h6-9H,1-5H3/b14-11+. The van der Waals surface area contributed by atoms with Gasteiger partial charge in [0.05, 0.1) is 10.5 Å². The van der Waals surface area contributed by atoms with Gasteiger partial charge in [-0.1, -0.05) is 29.8 Å². The molecule has 0 aliphatic heterocycles. The van der Waals surface area contributed by atoms with Gasteiger partial charge in [-0.3, -0.25) is 0 Å². The van der Waals surface area contributed by atoms with Crippen LogP contribution in [0.1, 0.15) is 38.8 Å². The minimum Gasteiger partial charge on any atom is -0.234 e. The number of hydrogen-bond donors (Lipinski definition) is 0. The zero-order valence-corrected chi connectivity index (χ0v) is 11.4. The fraction of sp³-hybridized carbons (Fsp3) is 0.462. The van der Waals surface area contributed by atoms with Gasteiger partial charge in [0, 0.05) is 0 Å². The topological polar surface area (TPSA) is 29.4 Å². The van der Waals surface area contributed by atoms with Crippen LogP contribution in [-0.4, -0.2) is 14.7 Å². The maximum Gasteiger partial charge on any atom is 0.145 e. The van der Waals surface area contributed by atoms with Crippen molar-refractivity contribution >= 4 is 16.7 Å². The zero-order valence-electron chi connectivity index (χ0n) is 10.6. The summed E-state index contributed by atoms with van der Waals surface area (Å²) in [5.74, 6) is 0. The highest BCUT2D eigenvalue weighted by Crippen LogP contribution is 2.14. The lowest BCUT2D eigenvalue weighted by atomic mass is 10.1. The second kappa shape index (κ2) is 4.91. The van der Waals surface area contributed by atoms with Gasteiger partial charge in [-0.25, -0.2) is 4.21 Å². The molecule has 1 aromatic rings. The Labute approximate surface area is 100 Å². The van der Waals surface area contributed by atoms with Crippen molar-refractivity contribution in [3.8, 4) is 0 Å². The second-order valence-electron chi connectivity index (χ2n) is 4.90. The van der Waals surface area contributed by atoms with Crippen LogP contribution in [0.2, 0.25) is 0 Å². The fourth-order valence-electron chi connectivity index (χ4n) is 1.11. The molecule has 0 N–H and O–H groups in total. The van der Waals surface area contributed by atoms with Gasteiger partial charge in [-0.05, 0) is 40.2 Å². The van der Waals surface area contributed by atoms with Crippen LogP contribution < -0.4 is 0 Å². The Hall–Kier alpha value is -0.960. The highest BCUT2D eigenvalue weighted by molar-refractivity contribution is 7.85. The summed E-state index contributed by atoms with van der Waals surface area (Å²) in [5, 5.41) is 0. The first kappa shape index (κ1) is 13.1. The Morgan fingerprint density at radius 3 is 2.12 bits per heavy atom. The molecule has 16 heavy (non-hydrogen) atoms. The molecule has 88 valence electrons. The molecule has 0 saturated heterocycles. The number of hydrogen-bond acceptors (Lipinski definition) is 1. The summed E-state index contributed by atoms with van der Waals surface area (Å²) in [4.78, 5) is 0. The third-order valence-corrected chi connectivity index (χ3v) is 3.70. The molecule has 0 bridgehead atoms. The molecule has 0 saturated carbocycles. The third-order valence-electron chi connectivity index (χ3n) is 2.21. The van der Waals surface area contributed by atoms with Crippen LogP contribution in [0.5, 0.6) is 0 Å². The van der Waals surface area contributed by atoms with E-state index in [0.717, 1.165) is 11.3 Å². The lowest BCUT2D eigenvalue weighted by Gasteiger charge is -2.14. The quantitative estimate of drug-likeness (QED) is 0.726. The molecule has 0 aliphatic carbocycles. The fourth-order valence-corrected chi connectivity index (χ4v) is 1.74. The van der Waals surface area contributed by atoms with Crippen LogP contribution in [0.4, 0.5) is 0 Å². The van der Waals surface area contributed by atoms with E-state index in [2.05, 4.69) is 4.40 Å². The van der Waals surface area contributed by atoms with Crippen molar-refractivity contribution in [2.24, 2.45) is 4.40 Å². The predicted molar refractivity (Wildman–Crippen MR) is 71.3 cm³/mol. The van der Waals surface area contributed by atoms with Crippen LogP contribution in [-0.2, 0) is 11.0 Å². The Morgan fingerprint density at radius 1 is 1.19 bits per heavy atom. The molecule has 3 heteroatoms. The molecule has 1 unspecified atom stereocenters. The van der Waals surface area contributed by atoms with Gasteiger partial charge in [0.15, 0.2) is 0 Å². The van der Waals surface area contributed by atoms with E-state index in [4.69, 9.17) is 0 Å². The maximum atomic E-state index is 11.8. The Balaban J connectivity index is 2.94. The van der Waals surface area contributed by atoms with E-state index < -0.39 is 11.0 Å². The van der Waals surface area contributed by atoms with E-state index in [9.17, 15) is 4.21 Å². The number of aryl methyl sites for hydroxylation is 1. The van der Waals surface area contributed by atoms with E-state index in [1.54, 1.807) is 0 Å². The molecule has 0 fully saturated rings. The minimum atomic E-state index is -1.19. The maximum absolute atomic E-state index is 11.8. The molecule has 1 atom stereocenters. The number of benzene rings is 1. The molecular formula is C13H19NOS. The molecule has 0 heterocycles. The molecule has 0 spiro atoms. The molecule has 1 rings (SSSR count). The largest absolute Gasteiger partial charge is 0.234 e. The van der Waals surface area contributed by atoms with Crippen molar-refractivity contribution < 1.29 is 4.21 Å². The third kappa shape index (κ3) is 3.56. The smallest absolute Gasteiger partial charge is 0.145 e. The Morgan fingerprint density at radius 2 is 1.69 bits per heavy atom. The van der Waals surface area contributed by atoms with Crippen molar-refractivity contribution in [3.63, 3.8) is 0 Å². The number of nitrogens with zero attached hydrogens (tertiary/aromatic N) is 1. The first-order chi connectivity index (χ1) is 7.30. The van der Waals surface area contributed by atoms with Crippen molar-refractivity contribution in [2.75, 3.05) is 0 Å². The van der Waals surface area contributed by atoms with Crippen molar-refractivity contribution in [2.45, 2.75) is 39.4 Å². The summed E-state index contributed by atoms with van der Waals surface area (Å²) in [6.07, 6.45) is 0. The van der Waals surface area contributed by atoms with E-state index in [1.807, 2.05) is 58.9 Å². The zero-order chi connectivity index (χ0) is 12.3. The average molecular weight is 237 g/mol. The first-order valence-electron chi connectivity index (χ1n) is 5.35. The van der Waals surface area contributed by atoms with Crippen LogP contribution in [0, 0.1) is 6.92 Å². The van der Waals surface area contributed by atoms with Crippen molar-refractivity contribution in [1.29, 1.82) is 0 Å². The Bertz CT molecular complexity index is 413. The van der Waals surface area contributed by atoms with Crippen LogP contribution in [0.3, 0.4) is 0 Å². The molecule has 0 aromatic heterocycles. The summed E-state index contributed by atoms with van der Waals surface area (Å²) >= 11 is 0. The van der Waals surface area contributed by atoms with Gasteiger partial charge in [0.25, 0.3) is 0 Å². The highest BCUT2D eigenvalue weighted by Gasteiger charge is 2.19. The van der Waals surface area contributed by atoms with E-state index in [-0.39, 0.29) is 4.75 Å². The monoisotopic (exact) mass is 237 g/mol. The van der Waals surface area contributed by atoms with Gasteiger partial charge in [0.1, 0.15) is 11.0 Å². The van der Waals surface area contributed by atoms with Crippen molar-refractivity contribution in [1.82, 2.24) is 0 Å². The second-order valence-corrected chi connectivity index (χ2v) is 6.81. The van der Waals surface area contributed by atoms with Gasteiger partial charge in [-0.15, -0.1) is 0 Å². The molecule has 0 radical (unpaired) electrons. The van der Waals surface area contributed by atoms with Crippen LogP contribution in [0.25, 0.3) is 0 Å². The van der Waals surface area contributed by atoms with Gasteiger partial charge < -0.3 is 0 Å².